The average Bonchev–Trinajstić information content (AvgIpc) is 3.32. The van der Waals surface area contributed by atoms with Gasteiger partial charge in [-0.15, -0.1) is 0 Å². The minimum Gasteiger partial charge on any atom is -0.442 e. The minimum atomic E-state index is -0.549. The molecule has 3 aliphatic rings. The predicted octanol–water partition coefficient (Wildman–Crippen LogP) is 1.20. The molecule has 156 valence electrons. The fourth-order valence-electron chi connectivity index (χ4n) is 4.46. The molecule has 0 bridgehead atoms. The summed E-state index contributed by atoms with van der Waals surface area (Å²) < 4.78 is 20.1. The van der Waals surface area contributed by atoms with E-state index in [0.29, 0.717) is 23.2 Å². The molecule has 3 fully saturated rings. The lowest BCUT2D eigenvalue weighted by Crippen LogP contribution is -2.33. The number of halogens is 1. The van der Waals surface area contributed by atoms with Crippen molar-refractivity contribution in [2.24, 2.45) is 11.8 Å². The van der Waals surface area contributed by atoms with Crippen LogP contribution in [-0.2, 0) is 14.3 Å². The first-order valence-electron chi connectivity index (χ1n) is 9.84. The van der Waals surface area contributed by atoms with Crippen LogP contribution in [0.2, 0.25) is 0 Å². The molecule has 0 spiro atoms. The Kier molecular flexibility index (Phi) is 5.06. The number of anilines is 2. The van der Waals surface area contributed by atoms with E-state index in [4.69, 9.17) is 4.74 Å². The van der Waals surface area contributed by atoms with Crippen molar-refractivity contribution in [1.29, 1.82) is 0 Å². The third kappa shape index (κ3) is 3.86. The van der Waals surface area contributed by atoms with Crippen LogP contribution < -0.4 is 15.1 Å². The molecule has 3 aliphatic heterocycles. The van der Waals surface area contributed by atoms with E-state index in [2.05, 4.69) is 5.32 Å². The Bertz CT molecular complexity index is 834. The van der Waals surface area contributed by atoms with E-state index < -0.39 is 12.2 Å². The zero-order valence-corrected chi connectivity index (χ0v) is 16.6. The fraction of sp³-hybridized carbons (Fsp3) is 0.550. The number of nitrogens with zero attached hydrogens (tertiary/aromatic N) is 3. The van der Waals surface area contributed by atoms with Gasteiger partial charge >= 0.3 is 6.09 Å². The number of benzene rings is 1. The largest absolute Gasteiger partial charge is 0.442 e. The predicted molar refractivity (Wildman–Crippen MR) is 104 cm³/mol. The molecule has 0 unspecified atom stereocenters. The van der Waals surface area contributed by atoms with E-state index in [9.17, 15) is 18.8 Å². The lowest BCUT2D eigenvalue weighted by atomic mass is 10.0. The molecule has 3 saturated heterocycles. The highest BCUT2D eigenvalue weighted by Gasteiger charge is 2.41. The van der Waals surface area contributed by atoms with Crippen LogP contribution in [0.3, 0.4) is 0 Å². The van der Waals surface area contributed by atoms with Crippen LogP contribution in [0.4, 0.5) is 20.6 Å². The van der Waals surface area contributed by atoms with Crippen LogP contribution in [-0.4, -0.2) is 68.2 Å². The molecule has 4 rings (SSSR count). The van der Waals surface area contributed by atoms with Crippen molar-refractivity contribution in [1.82, 2.24) is 10.2 Å². The smallest absolute Gasteiger partial charge is 0.414 e. The van der Waals surface area contributed by atoms with E-state index in [1.54, 1.807) is 19.1 Å². The van der Waals surface area contributed by atoms with Gasteiger partial charge in [0.1, 0.15) is 11.9 Å². The maximum Gasteiger partial charge on any atom is 0.414 e. The summed E-state index contributed by atoms with van der Waals surface area (Å²) in [5.41, 5.74) is 0.948. The zero-order chi connectivity index (χ0) is 20.7. The van der Waals surface area contributed by atoms with Gasteiger partial charge in [-0.05, 0) is 18.2 Å². The van der Waals surface area contributed by atoms with Crippen molar-refractivity contribution in [2.45, 2.75) is 20.0 Å². The SMILES string of the molecule is CC(=O)NC[C@H]1CN(c2ccc(N3C[C@H]4CN(C(C)=O)C[C@H]4C3)c(F)c2)C(=O)O1. The summed E-state index contributed by atoms with van der Waals surface area (Å²) in [5.74, 6) is 0.235. The summed E-state index contributed by atoms with van der Waals surface area (Å²) in [7, 11) is 0. The Balaban J connectivity index is 1.41. The van der Waals surface area contributed by atoms with E-state index in [1.807, 2.05) is 9.80 Å². The first-order valence-corrected chi connectivity index (χ1v) is 9.84. The van der Waals surface area contributed by atoms with E-state index >= 15 is 0 Å². The van der Waals surface area contributed by atoms with Crippen LogP contribution in [0.5, 0.6) is 0 Å². The lowest BCUT2D eigenvalue weighted by molar-refractivity contribution is -0.128. The summed E-state index contributed by atoms with van der Waals surface area (Å²) in [5, 5.41) is 2.62. The lowest BCUT2D eigenvalue weighted by Gasteiger charge is -2.24. The summed E-state index contributed by atoms with van der Waals surface area (Å²) >= 11 is 0. The van der Waals surface area contributed by atoms with Crippen LogP contribution in [0.25, 0.3) is 0 Å². The second-order valence-corrected chi connectivity index (χ2v) is 8.04. The van der Waals surface area contributed by atoms with Gasteiger partial charge < -0.3 is 19.9 Å². The molecular weight excluding hydrogens is 379 g/mol. The van der Waals surface area contributed by atoms with E-state index in [1.165, 1.54) is 17.9 Å². The number of carbonyl (C=O) groups is 3. The average molecular weight is 404 g/mol. The molecule has 1 N–H and O–H groups in total. The molecule has 0 aromatic heterocycles. The Morgan fingerprint density at radius 2 is 1.83 bits per heavy atom. The van der Waals surface area contributed by atoms with Crippen molar-refractivity contribution in [3.8, 4) is 0 Å². The number of fused-ring (bicyclic) bond motifs is 1. The third-order valence-corrected chi connectivity index (χ3v) is 5.97. The van der Waals surface area contributed by atoms with Crippen LogP contribution >= 0.6 is 0 Å². The van der Waals surface area contributed by atoms with Crippen molar-refractivity contribution < 1.29 is 23.5 Å². The maximum atomic E-state index is 14.9. The summed E-state index contributed by atoms with van der Waals surface area (Å²) in [6, 6.07) is 4.77. The van der Waals surface area contributed by atoms with Gasteiger partial charge in [0.15, 0.2) is 0 Å². The molecule has 3 atom stereocenters. The number of hydrogen-bond donors (Lipinski definition) is 1. The number of hydrogen-bond acceptors (Lipinski definition) is 5. The first-order chi connectivity index (χ1) is 13.8. The number of rotatable bonds is 4. The molecule has 0 aliphatic carbocycles. The highest BCUT2D eigenvalue weighted by Crippen LogP contribution is 2.36. The van der Waals surface area contributed by atoms with Crippen LogP contribution in [0, 0.1) is 17.7 Å². The molecular formula is C20H25FN4O4. The molecule has 3 amide bonds. The summed E-state index contributed by atoms with van der Waals surface area (Å²) in [6.45, 7) is 6.36. The standard InChI is InChI=1S/C20H25FN4O4/c1-12(26)22-6-17-11-25(20(28)29-17)16-3-4-19(18(21)5-16)24-9-14-7-23(13(2)27)8-15(14)10-24/h3-5,14-15,17H,6-11H2,1-2H3,(H,22,26)/t14-,15+,17-/m0/s1. The molecule has 0 radical (unpaired) electrons. The Morgan fingerprint density at radius 1 is 1.14 bits per heavy atom. The van der Waals surface area contributed by atoms with Gasteiger partial charge in [0.2, 0.25) is 11.8 Å². The quantitative estimate of drug-likeness (QED) is 0.816. The van der Waals surface area contributed by atoms with E-state index in [-0.39, 0.29) is 30.7 Å². The number of carbonyl (C=O) groups excluding carboxylic acids is 3. The van der Waals surface area contributed by atoms with Crippen molar-refractivity contribution in [3.05, 3.63) is 24.0 Å². The second kappa shape index (κ2) is 7.53. The molecule has 8 nitrogen and oxygen atoms in total. The molecule has 29 heavy (non-hydrogen) atoms. The van der Waals surface area contributed by atoms with Gasteiger partial charge in [-0.1, -0.05) is 0 Å². The van der Waals surface area contributed by atoms with Crippen molar-refractivity contribution in [2.75, 3.05) is 49.1 Å². The van der Waals surface area contributed by atoms with Gasteiger partial charge in [-0.2, -0.15) is 0 Å². The van der Waals surface area contributed by atoms with Gasteiger partial charge in [-0.3, -0.25) is 14.5 Å². The second-order valence-electron chi connectivity index (χ2n) is 8.04. The normalized spacial score (nSPS) is 26.0. The number of likely N-dealkylation sites (tertiary alicyclic amines) is 1. The fourth-order valence-corrected chi connectivity index (χ4v) is 4.46. The molecule has 1 aromatic rings. The van der Waals surface area contributed by atoms with Gasteiger partial charge in [0.25, 0.3) is 0 Å². The Morgan fingerprint density at radius 3 is 2.41 bits per heavy atom. The molecule has 0 saturated carbocycles. The highest BCUT2D eigenvalue weighted by molar-refractivity contribution is 5.90. The maximum absolute atomic E-state index is 14.9. The number of nitrogens with one attached hydrogen (secondary N) is 1. The first kappa shape index (κ1) is 19.5. The van der Waals surface area contributed by atoms with Gasteiger partial charge in [0.05, 0.1) is 24.5 Å². The number of ether oxygens (including phenoxy) is 1. The van der Waals surface area contributed by atoms with E-state index in [0.717, 1.165) is 26.2 Å². The Labute approximate surface area is 168 Å². The summed E-state index contributed by atoms with van der Waals surface area (Å²) in [6.07, 6.45) is -1.01. The Hall–Kier alpha value is -2.84. The zero-order valence-electron chi connectivity index (χ0n) is 16.6. The monoisotopic (exact) mass is 404 g/mol. The molecule has 9 heteroatoms. The molecule has 1 aromatic carbocycles. The van der Waals surface area contributed by atoms with Crippen molar-refractivity contribution in [3.63, 3.8) is 0 Å². The molecule has 3 heterocycles. The van der Waals surface area contributed by atoms with Crippen LogP contribution in [0.15, 0.2) is 18.2 Å². The van der Waals surface area contributed by atoms with Crippen LogP contribution in [0.1, 0.15) is 13.8 Å². The van der Waals surface area contributed by atoms with Gasteiger partial charge in [0, 0.05) is 51.9 Å². The summed E-state index contributed by atoms with van der Waals surface area (Å²) in [4.78, 5) is 40.0. The minimum absolute atomic E-state index is 0.0933. The topological polar surface area (TPSA) is 82.2 Å². The number of cyclic esters (lactones) is 1. The number of amides is 3. The third-order valence-electron chi connectivity index (χ3n) is 5.97. The highest BCUT2D eigenvalue weighted by atomic mass is 19.1. The van der Waals surface area contributed by atoms with Gasteiger partial charge in [-0.25, -0.2) is 9.18 Å². The van der Waals surface area contributed by atoms with Crippen molar-refractivity contribution >= 4 is 29.3 Å².